The van der Waals surface area contributed by atoms with Crippen LogP contribution in [0.15, 0.2) is 30.3 Å². The van der Waals surface area contributed by atoms with Gasteiger partial charge in [-0.05, 0) is 38.1 Å². The molecule has 0 saturated heterocycles. The standard InChI is InChI=1S/C14H17FN4/c1-3-19(12-6-4-11(15)5-7-12)9-14-17-10(2)8-13(16)18-14/h4-8H,3,9H2,1-2H3,(H2,16,17,18). The number of aryl methyl sites for hydroxylation is 1. The summed E-state index contributed by atoms with van der Waals surface area (Å²) in [6, 6.07) is 8.13. The zero-order chi connectivity index (χ0) is 13.8. The number of rotatable bonds is 4. The third-order valence-electron chi connectivity index (χ3n) is 2.83. The van der Waals surface area contributed by atoms with Gasteiger partial charge in [-0.15, -0.1) is 0 Å². The van der Waals surface area contributed by atoms with Crippen LogP contribution in [0, 0.1) is 12.7 Å². The zero-order valence-electron chi connectivity index (χ0n) is 11.1. The topological polar surface area (TPSA) is 55.0 Å². The molecule has 1 aromatic heterocycles. The van der Waals surface area contributed by atoms with Crippen LogP contribution < -0.4 is 10.6 Å². The van der Waals surface area contributed by atoms with E-state index >= 15 is 0 Å². The van der Waals surface area contributed by atoms with Gasteiger partial charge in [-0.3, -0.25) is 0 Å². The summed E-state index contributed by atoms with van der Waals surface area (Å²) in [5, 5.41) is 0. The van der Waals surface area contributed by atoms with Crippen molar-refractivity contribution in [2.24, 2.45) is 0 Å². The van der Waals surface area contributed by atoms with Gasteiger partial charge in [0.2, 0.25) is 0 Å². The van der Waals surface area contributed by atoms with E-state index in [1.807, 2.05) is 13.8 Å². The summed E-state index contributed by atoms with van der Waals surface area (Å²) >= 11 is 0. The van der Waals surface area contributed by atoms with Gasteiger partial charge < -0.3 is 10.6 Å². The largest absolute Gasteiger partial charge is 0.384 e. The van der Waals surface area contributed by atoms with Crippen LogP contribution in [0.25, 0.3) is 0 Å². The smallest absolute Gasteiger partial charge is 0.150 e. The van der Waals surface area contributed by atoms with E-state index in [0.29, 0.717) is 18.2 Å². The molecule has 0 bridgehead atoms. The number of nitrogens with two attached hydrogens (primary N) is 1. The lowest BCUT2D eigenvalue weighted by atomic mass is 10.2. The number of nitrogen functional groups attached to an aromatic ring is 1. The summed E-state index contributed by atoms with van der Waals surface area (Å²) in [5.41, 5.74) is 7.50. The van der Waals surface area contributed by atoms with Crippen LogP contribution in [-0.2, 0) is 6.54 Å². The maximum Gasteiger partial charge on any atom is 0.150 e. The Morgan fingerprint density at radius 2 is 1.89 bits per heavy atom. The van der Waals surface area contributed by atoms with Crippen molar-refractivity contribution in [2.75, 3.05) is 17.2 Å². The highest BCUT2D eigenvalue weighted by molar-refractivity contribution is 5.46. The first kappa shape index (κ1) is 13.3. The van der Waals surface area contributed by atoms with Gasteiger partial charge in [-0.2, -0.15) is 0 Å². The van der Waals surface area contributed by atoms with Crippen molar-refractivity contribution in [2.45, 2.75) is 20.4 Å². The molecule has 0 saturated carbocycles. The molecule has 100 valence electrons. The van der Waals surface area contributed by atoms with Gasteiger partial charge in [0.05, 0.1) is 6.54 Å². The zero-order valence-corrected chi connectivity index (χ0v) is 11.1. The van der Waals surface area contributed by atoms with Gasteiger partial charge in [0.15, 0.2) is 0 Å². The van der Waals surface area contributed by atoms with Crippen molar-refractivity contribution >= 4 is 11.5 Å². The number of nitrogens with zero attached hydrogens (tertiary/aromatic N) is 3. The van der Waals surface area contributed by atoms with Crippen molar-refractivity contribution in [1.29, 1.82) is 0 Å². The van der Waals surface area contributed by atoms with Crippen LogP contribution in [0.5, 0.6) is 0 Å². The molecule has 0 unspecified atom stereocenters. The van der Waals surface area contributed by atoms with Crippen molar-refractivity contribution in [1.82, 2.24) is 9.97 Å². The first-order valence-corrected chi connectivity index (χ1v) is 6.19. The van der Waals surface area contributed by atoms with Gasteiger partial charge in [-0.1, -0.05) is 0 Å². The third kappa shape index (κ3) is 3.40. The van der Waals surface area contributed by atoms with E-state index in [-0.39, 0.29) is 5.82 Å². The second kappa shape index (κ2) is 5.65. The number of halogens is 1. The Labute approximate surface area is 112 Å². The Morgan fingerprint density at radius 3 is 2.47 bits per heavy atom. The van der Waals surface area contributed by atoms with Crippen LogP contribution >= 0.6 is 0 Å². The number of anilines is 2. The molecule has 2 N–H and O–H groups in total. The molecule has 0 radical (unpaired) electrons. The highest BCUT2D eigenvalue weighted by Gasteiger charge is 2.08. The van der Waals surface area contributed by atoms with Crippen LogP contribution in [0.2, 0.25) is 0 Å². The van der Waals surface area contributed by atoms with Gasteiger partial charge in [0.25, 0.3) is 0 Å². The van der Waals surface area contributed by atoms with Crippen molar-refractivity contribution < 1.29 is 4.39 Å². The predicted octanol–water partition coefficient (Wildman–Crippen LogP) is 2.53. The van der Waals surface area contributed by atoms with Crippen LogP contribution in [0.3, 0.4) is 0 Å². The summed E-state index contributed by atoms with van der Waals surface area (Å²) in [6.07, 6.45) is 0. The average molecular weight is 260 g/mol. The molecule has 0 atom stereocenters. The number of hydrogen-bond donors (Lipinski definition) is 1. The number of hydrogen-bond acceptors (Lipinski definition) is 4. The van der Waals surface area contributed by atoms with Gasteiger partial charge in [0, 0.05) is 24.0 Å². The molecule has 1 aromatic carbocycles. The fraction of sp³-hybridized carbons (Fsp3) is 0.286. The number of benzene rings is 1. The minimum atomic E-state index is -0.240. The van der Waals surface area contributed by atoms with Crippen LogP contribution in [0.4, 0.5) is 15.9 Å². The Morgan fingerprint density at radius 1 is 1.21 bits per heavy atom. The molecular weight excluding hydrogens is 243 g/mol. The second-order valence-corrected chi connectivity index (χ2v) is 4.34. The lowest BCUT2D eigenvalue weighted by Gasteiger charge is -2.22. The van der Waals surface area contributed by atoms with Gasteiger partial charge in [0.1, 0.15) is 17.5 Å². The highest BCUT2D eigenvalue weighted by atomic mass is 19.1. The fourth-order valence-electron chi connectivity index (χ4n) is 1.94. The highest BCUT2D eigenvalue weighted by Crippen LogP contribution is 2.16. The Balaban J connectivity index is 2.21. The summed E-state index contributed by atoms with van der Waals surface area (Å²) in [5.74, 6) is 0.900. The van der Waals surface area contributed by atoms with Crippen molar-refractivity contribution in [3.63, 3.8) is 0 Å². The summed E-state index contributed by atoms with van der Waals surface area (Å²) in [7, 11) is 0. The molecule has 0 spiro atoms. The first-order chi connectivity index (χ1) is 9.08. The van der Waals surface area contributed by atoms with E-state index in [0.717, 1.165) is 17.9 Å². The first-order valence-electron chi connectivity index (χ1n) is 6.19. The van der Waals surface area contributed by atoms with E-state index < -0.39 is 0 Å². The monoisotopic (exact) mass is 260 g/mol. The van der Waals surface area contributed by atoms with Gasteiger partial charge >= 0.3 is 0 Å². The second-order valence-electron chi connectivity index (χ2n) is 4.34. The van der Waals surface area contributed by atoms with Crippen molar-refractivity contribution in [3.05, 3.63) is 47.7 Å². The molecule has 0 aliphatic heterocycles. The van der Waals surface area contributed by atoms with Gasteiger partial charge in [-0.25, -0.2) is 14.4 Å². The molecule has 4 nitrogen and oxygen atoms in total. The Kier molecular flexibility index (Phi) is 3.94. The lowest BCUT2D eigenvalue weighted by molar-refractivity contribution is 0.627. The maximum atomic E-state index is 12.9. The molecular formula is C14H17FN4. The molecule has 1 heterocycles. The summed E-state index contributed by atoms with van der Waals surface area (Å²) in [4.78, 5) is 10.6. The van der Waals surface area contributed by atoms with E-state index in [1.165, 1.54) is 12.1 Å². The third-order valence-corrected chi connectivity index (χ3v) is 2.83. The minimum absolute atomic E-state index is 0.240. The molecule has 0 aliphatic carbocycles. The summed E-state index contributed by atoms with van der Waals surface area (Å²) < 4.78 is 12.9. The van der Waals surface area contributed by atoms with E-state index in [9.17, 15) is 4.39 Å². The van der Waals surface area contributed by atoms with E-state index in [2.05, 4.69) is 14.9 Å². The molecule has 0 amide bonds. The van der Waals surface area contributed by atoms with E-state index in [4.69, 9.17) is 5.73 Å². The quantitative estimate of drug-likeness (QED) is 0.917. The van der Waals surface area contributed by atoms with Crippen LogP contribution in [-0.4, -0.2) is 16.5 Å². The minimum Gasteiger partial charge on any atom is -0.384 e. The summed E-state index contributed by atoms with van der Waals surface area (Å²) in [6.45, 7) is 5.25. The molecule has 2 rings (SSSR count). The molecule has 19 heavy (non-hydrogen) atoms. The number of aromatic nitrogens is 2. The predicted molar refractivity (Wildman–Crippen MR) is 74.3 cm³/mol. The lowest BCUT2D eigenvalue weighted by Crippen LogP contribution is -2.23. The molecule has 5 heteroatoms. The molecule has 2 aromatic rings. The molecule has 0 fully saturated rings. The molecule has 0 aliphatic rings. The fourth-order valence-corrected chi connectivity index (χ4v) is 1.94. The maximum absolute atomic E-state index is 12.9. The van der Waals surface area contributed by atoms with Crippen molar-refractivity contribution in [3.8, 4) is 0 Å². The van der Waals surface area contributed by atoms with Crippen LogP contribution in [0.1, 0.15) is 18.4 Å². The van der Waals surface area contributed by atoms with E-state index in [1.54, 1.807) is 18.2 Å². The Hall–Kier alpha value is -2.17. The average Bonchev–Trinajstić information content (AvgIpc) is 2.36. The SMILES string of the molecule is CCN(Cc1nc(C)cc(N)n1)c1ccc(F)cc1. The normalized spacial score (nSPS) is 10.5. The Bertz CT molecular complexity index is 534.